The second-order valence-electron chi connectivity index (χ2n) is 6.10. The molecule has 3 aromatic rings. The van der Waals surface area contributed by atoms with Crippen molar-refractivity contribution in [2.45, 2.75) is 19.9 Å². The summed E-state index contributed by atoms with van der Waals surface area (Å²) < 4.78 is 19.7. The van der Waals surface area contributed by atoms with E-state index < -0.39 is 17.5 Å². The maximum Gasteiger partial charge on any atom is 0.267 e. The van der Waals surface area contributed by atoms with Gasteiger partial charge in [-0.15, -0.1) is 0 Å². The number of rotatable bonds is 6. The fourth-order valence-electron chi connectivity index (χ4n) is 2.68. The molecule has 0 radical (unpaired) electrons. The molecule has 0 bridgehead atoms. The highest BCUT2D eigenvalue weighted by molar-refractivity contribution is 5.94. The zero-order valence-electron chi connectivity index (χ0n) is 15.6. The molecule has 0 aliphatic rings. The van der Waals surface area contributed by atoms with Gasteiger partial charge in [0.05, 0.1) is 18.0 Å². The first-order valence-corrected chi connectivity index (χ1v) is 8.88. The van der Waals surface area contributed by atoms with Crippen LogP contribution in [0.5, 0.6) is 5.75 Å². The first-order valence-electron chi connectivity index (χ1n) is 8.88. The molecule has 28 heavy (non-hydrogen) atoms. The quantitative estimate of drug-likeness (QED) is 0.707. The van der Waals surface area contributed by atoms with Gasteiger partial charge in [-0.3, -0.25) is 9.59 Å². The molecule has 1 atom stereocenters. The molecule has 2 aromatic carbocycles. The van der Waals surface area contributed by atoms with Gasteiger partial charge in [0, 0.05) is 11.6 Å². The Morgan fingerprint density at radius 1 is 1.14 bits per heavy atom. The van der Waals surface area contributed by atoms with E-state index in [0.29, 0.717) is 29.3 Å². The second-order valence-corrected chi connectivity index (χ2v) is 6.10. The van der Waals surface area contributed by atoms with Crippen molar-refractivity contribution in [3.63, 3.8) is 0 Å². The minimum Gasteiger partial charge on any atom is -0.492 e. The highest BCUT2D eigenvalue weighted by Gasteiger charge is 2.19. The summed E-state index contributed by atoms with van der Waals surface area (Å²) in [5.74, 6) is -0.221. The van der Waals surface area contributed by atoms with Gasteiger partial charge in [-0.1, -0.05) is 12.1 Å². The summed E-state index contributed by atoms with van der Waals surface area (Å²) in [6, 6.07) is 14.8. The van der Waals surface area contributed by atoms with E-state index in [1.165, 1.54) is 18.2 Å². The van der Waals surface area contributed by atoms with Crippen molar-refractivity contribution in [1.29, 1.82) is 0 Å². The maximum absolute atomic E-state index is 13.1. The third kappa shape index (κ3) is 4.25. The number of benzene rings is 2. The first kappa shape index (κ1) is 19.3. The van der Waals surface area contributed by atoms with Crippen LogP contribution < -0.4 is 15.6 Å². The Hall–Kier alpha value is -3.48. The van der Waals surface area contributed by atoms with Crippen molar-refractivity contribution in [2.24, 2.45) is 0 Å². The average Bonchev–Trinajstić information content (AvgIpc) is 2.70. The van der Waals surface area contributed by atoms with E-state index in [9.17, 15) is 14.0 Å². The van der Waals surface area contributed by atoms with Crippen molar-refractivity contribution in [2.75, 3.05) is 11.9 Å². The summed E-state index contributed by atoms with van der Waals surface area (Å²) in [6.45, 7) is 3.90. The average molecular weight is 381 g/mol. The van der Waals surface area contributed by atoms with Crippen LogP contribution in [0, 0.1) is 5.82 Å². The van der Waals surface area contributed by atoms with Crippen molar-refractivity contribution in [3.8, 4) is 17.0 Å². The van der Waals surface area contributed by atoms with Gasteiger partial charge in [-0.25, -0.2) is 9.07 Å². The third-order valence-corrected chi connectivity index (χ3v) is 4.16. The number of amides is 1. The lowest BCUT2D eigenvalue weighted by Crippen LogP contribution is -2.33. The number of halogens is 1. The summed E-state index contributed by atoms with van der Waals surface area (Å²) in [5, 5.41) is 7.06. The first-order chi connectivity index (χ1) is 13.5. The third-order valence-electron chi connectivity index (χ3n) is 4.16. The molecule has 1 amide bonds. The fourth-order valence-corrected chi connectivity index (χ4v) is 2.68. The number of para-hydroxylation sites is 2. The van der Waals surface area contributed by atoms with Crippen LogP contribution in [-0.2, 0) is 4.79 Å². The molecule has 1 heterocycles. The molecule has 0 saturated carbocycles. The number of anilines is 1. The van der Waals surface area contributed by atoms with Crippen LogP contribution in [0.25, 0.3) is 11.3 Å². The number of ether oxygens (including phenoxy) is 1. The van der Waals surface area contributed by atoms with Crippen LogP contribution in [-0.4, -0.2) is 22.3 Å². The van der Waals surface area contributed by atoms with Crippen LogP contribution in [0.4, 0.5) is 10.1 Å². The number of hydrogen-bond acceptors (Lipinski definition) is 4. The number of carbonyl (C=O) groups excluding carboxylic acids is 1. The normalized spacial score (nSPS) is 11.7. The minimum atomic E-state index is -0.859. The Kier molecular flexibility index (Phi) is 5.84. The monoisotopic (exact) mass is 381 g/mol. The Bertz CT molecular complexity index is 1030. The SMILES string of the molecule is CCOc1ccccc1NC(=O)C(C)n1nc(-c2ccc(F)cc2)ccc1=O. The molecule has 6 nitrogen and oxygen atoms in total. The lowest BCUT2D eigenvalue weighted by molar-refractivity contribution is -0.119. The van der Waals surface area contributed by atoms with Crippen molar-refractivity contribution < 1.29 is 13.9 Å². The predicted octanol–water partition coefficient (Wildman–Crippen LogP) is 3.65. The van der Waals surface area contributed by atoms with Gasteiger partial charge in [0.2, 0.25) is 5.91 Å². The predicted molar refractivity (Wildman–Crippen MR) is 105 cm³/mol. The molecule has 0 spiro atoms. The highest BCUT2D eigenvalue weighted by Crippen LogP contribution is 2.24. The number of nitrogens with one attached hydrogen (secondary N) is 1. The molecule has 1 aromatic heterocycles. The van der Waals surface area contributed by atoms with E-state index in [1.807, 2.05) is 13.0 Å². The fraction of sp³-hybridized carbons (Fsp3) is 0.190. The van der Waals surface area contributed by atoms with E-state index >= 15 is 0 Å². The van der Waals surface area contributed by atoms with Gasteiger partial charge < -0.3 is 10.1 Å². The number of carbonyl (C=O) groups is 1. The molecule has 1 unspecified atom stereocenters. The summed E-state index contributed by atoms with van der Waals surface area (Å²) in [6.07, 6.45) is 0. The molecule has 0 saturated heterocycles. The molecular formula is C21H20FN3O3. The van der Waals surface area contributed by atoms with E-state index in [-0.39, 0.29) is 5.82 Å². The largest absolute Gasteiger partial charge is 0.492 e. The standard InChI is InChI=1S/C21H20FN3O3/c1-3-28-19-7-5-4-6-18(19)23-21(27)14(2)25-20(26)13-12-17(24-25)15-8-10-16(22)11-9-15/h4-14H,3H2,1-2H3,(H,23,27). The van der Waals surface area contributed by atoms with Gasteiger partial charge in [0.1, 0.15) is 17.6 Å². The van der Waals surface area contributed by atoms with Gasteiger partial charge in [0.15, 0.2) is 0 Å². The van der Waals surface area contributed by atoms with Gasteiger partial charge in [0.25, 0.3) is 5.56 Å². The van der Waals surface area contributed by atoms with Crippen LogP contribution >= 0.6 is 0 Å². The van der Waals surface area contributed by atoms with E-state index in [4.69, 9.17) is 4.74 Å². The van der Waals surface area contributed by atoms with Crippen molar-refractivity contribution in [1.82, 2.24) is 9.78 Å². The minimum absolute atomic E-state index is 0.363. The molecule has 1 N–H and O–H groups in total. The smallest absolute Gasteiger partial charge is 0.267 e. The number of nitrogens with zero attached hydrogens (tertiary/aromatic N) is 2. The van der Waals surface area contributed by atoms with E-state index in [0.717, 1.165) is 4.68 Å². The molecular weight excluding hydrogens is 361 g/mol. The Balaban J connectivity index is 1.86. The van der Waals surface area contributed by atoms with Crippen LogP contribution in [0.2, 0.25) is 0 Å². The van der Waals surface area contributed by atoms with Crippen molar-refractivity contribution in [3.05, 3.63) is 76.8 Å². The Morgan fingerprint density at radius 3 is 2.57 bits per heavy atom. The number of hydrogen-bond donors (Lipinski definition) is 1. The zero-order chi connectivity index (χ0) is 20.1. The van der Waals surface area contributed by atoms with Gasteiger partial charge in [-0.2, -0.15) is 5.10 Å². The topological polar surface area (TPSA) is 73.2 Å². The maximum atomic E-state index is 13.1. The van der Waals surface area contributed by atoms with Gasteiger partial charge >= 0.3 is 0 Å². The zero-order valence-corrected chi connectivity index (χ0v) is 15.6. The van der Waals surface area contributed by atoms with Crippen LogP contribution in [0.15, 0.2) is 65.5 Å². The second kappa shape index (κ2) is 8.47. The summed E-state index contributed by atoms with van der Waals surface area (Å²) >= 11 is 0. The van der Waals surface area contributed by atoms with E-state index in [2.05, 4.69) is 10.4 Å². The van der Waals surface area contributed by atoms with Crippen LogP contribution in [0.1, 0.15) is 19.9 Å². The van der Waals surface area contributed by atoms with Crippen molar-refractivity contribution >= 4 is 11.6 Å². The molecule has 3 rings (SSSR count). The molecule has 7 heteroatoms. The van der Waals surface area contributed by atoms with Crippen LogP contribution in [0.3, 0.4) is 0 Å². The lowest BCUT2D eigenvalue weighted by atomic mass is 10.1. The molecule has 0 aliphatic carbocycles. The Morgan fingerprint density at radius 2 is 1.86 bits per heavy atom. The number of aromatic nitrogens is 2. The lowest BCUT2D eigenvalue weighted by Gasteiger charge is -2.16. The summed E-state index contributed by atoms with van der Waals surface area (Å²) in [5.41, 5.74) is 1.22. The molecule has 0 aliphatic heterocycles. The van der Waals surface area contributed by atoms with E-state index in [1.54, 1.807) is 43.3 Å². The Labute approximate surface area is 161 Å². The molecule has 144 valence electrons. The summed E-state index contributed by atoms with van der Waals surface area (Å²) in [7, 11) is 0. The summed E-state index contributed by atoms with van der Waals surface area (Å²) in [4.78, 5) is 25.0. The van der Waals surface area contributed by atoms with Gasteiger partial charge in [-0.05, 0) is 56.3 Å². The molecule has 0 fully saturated rings. The highest BCUT2D eigenvalue weighted by atomic mass is 19.1.